The van der Waals surface area contributed by atoms with Crippen molar-refractivity contribution >= 4 is 23.8 Å². The number of hydrogen-bond donors (Lipinski definition) is 1. The highest BCUT2D eigenvalue weighted by Gasteiger charge is 2.11. The molecule has 0 heterocycles. The Morgan fingerprint density at radius 3 is 2.42 bits per heavy atom. The number of ether oxygens (including phenoxy) is 2. The number of nitrogens with one attached hydrogen (secondary N) is 1. The highest BCUT2D eigenvalue weighted by Crippen LogP contribution is 1.98. The van der Waals surface area contributed by atoms with Crippen LogP contribution in [0.4, 0.5) is 5.69 Å². The number of carbonyl (C=O) groups excluding carboxylic acids is 2. The largest absolute Gasteiger partial charge is 0.469 e. The third kappa shape index (κ3) is 5.16. The summed E-state index contributed by atoms with van der Waals surface area (Å²) in [5, 5.41) is 0. The highest BCUT2D eigenvalue weighted by molar-refractivity contribution is 6.08. The van der Waals surface area contributed by atoms with Gasteiger partial charge in [0, 0.05) is 12.1 Å². The van der Waals surface area contributed by atoms with Crippen LogP contribution < -0.4 is 4.99 Å². The highest BCUT2D eigenvalue weighted by atomic mass is 16.5. The second-order valence-electron chi connectivity index (χ2n) is 3.59. The summed E-state index contributed by atoms with van der Waals surface area (Å²) in [5.41, 5.74) is 1.09. The van der Waals surface area contributed by atoms with Crippen molar-refractivity contribution in [3.8, 4) is 0 Å². The van der Waals surface area contributed by atoms with Crippen molar-refractivity contribution in [2.45, 2.75) is 6.42 Å². The Morgan fingerprint density at radius 1 is 1.16 bits per heavy atom. The molecule has 100 valence electrons. The van der Waals surface area contributed by atoms with Gasteiger partial charge >= 0.3 is 11.9 Å². The summed E-state index contributed by atoms with van der Waals surface area (Å²) in [6, 6.07) is 9.33. The molecule has 1 aromatic rings. The zero-order valence-corrected chi connectivity index (χ0v) is 10.9. The first kappa shape index (κ1) is 14.6. The molecule has 0 aliphatic heterocycles. The van der Waals surface area contributed by atoms with Gasteiger partial charge in [0.1, 0.15) is 5.57 Å². The Hall–Kier alpha value is -2.43. The normalized spacial score (nSPS) is 11.4. The van der Waals surface area contributed by atoms with Crippen LogP contribution in [0.5, 0.6) is 0 Å². The van der Waals surface area contributed by atoms with Crippen molar-refractivity contribution in [2.24, 2.45) is 0 Å². The van der Waals surface area contributed by atoms with Crippen LogP contribution in [-0.4, -0.2) is 32.4 Å². The van der Waals surface area contributed by atoms with E-state index in [9.17, 15) is 9.59 Å². The molecule has 0 aliphatic carbocycles. The third-order valence-electron chi connectivity index (χ3n) is 2.31. The minimum atomic E-state index is -0.521. The maximum Gasteiger partial charge on any atom is 0.343 e. The van der Waals surface area contributed by atoms with Crippen molar-refractivity contribution in [2.75, 3.05) is 14.2 Å². The zero-order valence-electron chi connectivity index (χ0n) is 10.9. The summed E-state index contributed by atoms with van der Waals surface area (Å²) in [6.45, 7) is 0. The molecule has 1 aromatic carbocycles. The van der Waals surface area contributed by atoms with E-state index in [1.807, 2.05) is 30.3 Å². The van der Waals surface area contributed by atoms with Crippen LogP contribution in [-0.2, 0) is 19.1 Å². The Kier molecular flexibility index (Phi) is 6.02. The lowest BCUT2D eigenvalue weighted by Crippen LogP contribution is -2.62. The lowest BCUT2D eigenvalue weighted by atomic mass is 10.2. The van der Waals surface area contributed by atoms with Crippen molar-refractivity contribution in [1.29, 1.82) is 0 Å². The number of methoxy groups -OCH3 is 2. The van der Waals surface area contributed by atoms with Crippen molar-refractivity contribution in [3.63, 3.8) is 0 Å². The van der Waals surface area contributed by atoms with Gasteiger partial charge in [-0.05, 0) is 0 Å². The molecule has 0 amide bonds. The minimum absolute atomic E-state index is 0.00784. The van der Waals surface area contributed by atoms with Crippen molar-refractivity contribution in [3.05, 3.63) is 42.0 Å². The molecule has 19 heavy (non-hydrogen) atoms. The van der Waals surface area contributed by atoms with Gasteiger partial charge < -0.3 is 9.47 Å². The molecule has 0 atom stereocenters. The second kappa shape index (κ2) is 7.81. The smallest absolute Gasteiger partial charge is 0.343 e. The molecule has 0 aliphatic rings. The van der Waals surface area contributed by atoms with Gasteiger partial charge in [0.25, 0.3) is 0 Å². The maximum atomic E-state index is 11.5. The first-order valence-electron chi connectivity index (χ1n) is 5.67. The molecule has 0 spiro atoms. The van der Waals surface area contributed by atoms with Crippen LogP contribution >= 0.6 is 0 Å². The van der Waals surface area contributed by atoms with E-state index < -0.39 is 11.9 Å². The summed E-state index contributed by atoms with van der Waals surface area (Å²) in [5.74, 6) is -0.943. The molecule has 0 unspecified atom stereocenters. The van der Waals surface area contributed by atoms with Gasteiger partial charge in [-0.2, -0.15) is 0 Å². The predicted molar refractivity (Wildman–Crippen MR) is 69.9 cm³/mol. The van der Waals surface area contributed by atoms with Gasteiger partial charge in [0.2, 0.25) is 5.69 Å². The van der Waals surface area contributed by atoms with Crippen LogP contribution in [0.2, 0.25) is 0 Å². The van der Waals surface area contributed by atoms with Crippen LogP contribution in [0.25, 0.3) is 0 Å². The summed E-state index contributed by atoms with van der Waals surface area (Å²) in [7, 11) is 2.57. The van der Waals surface area contributed by atoms with E-state index >= 15 is 0 Å². The van der Waals surface area contributed by atoms with E-state index in [2.05, 4.69) is 14.5 Å². The number of carbonyl (C=O) groups is 2. The van der Waals surface area contributed by atoms with Crippen molar-refractivity contribution < 1.29 is 24.1 Å². The average molecular weight is 262 g/mol. The van der Waals surface area contributed by atoms with E-state index in [1.165, 1.54) is 26.5 Å². The number of hydrogen-bond acceptors (Lipinski definition) is 4. The molecule has 0 bridgehead atoms. The molecule has 0 aromatic heterocycles. The number of esters is 2. The Morgan fingerprint density at radius 2 is 1.84 bits per heavy atom. The second-order valence-corrected chi connectivity index (χ2v) is 3.59. The Labute approximate surface area is 111 Å². The maximum absolute atomic E-state index is 11.5. The van der Waals surface area contributed by atoms with Crippen LogP contribution in [0, 0.1) is 0 Å². The lowest BCUT2D eigenvalue weighted by Gasteiger charge is -1.97. The van der Waals surface area contributed by atoms with Gasteiger partial charge in [-0.15, -0.1) is 0 Å². The van der Waals surface area contributed by atoms with E-state index in [4.69, 9.17) is 0 Å². The van der Waals surface area contributed by atoms with Gasteiger partial charge in [-0.1, -0.05) is 24.3 Å². The number of para-hydroxylation sites is 1. The monoisotopic (exact) mass is 262 g/mol. The van der Waals surface area contributed by atoms with Gasteiger partial charge in [-0.3, -0.25) is 4.79 Å². The van der Waals surface area contributed by atoms with Gasteiger partial charge in [0.15, 0.2) is 6.21 Å². The quantitative estimate of drug-likeness (QED) is 0.465. The topological polar surface area (TPSA) is 66.6 Å². The standard InChI is InChI=1S/C14H15NO4/c1-18-13(16)9-8-11(14(17)19-2)10-15-12-6-4-3-5-7-12/h3-8,10H,9H2,1-2H3/p+1/b11-8-,15-10?. The molecular formula is C14H16NO4+. The Bertz CT molecular complexity index is 491. The van der Waals surface area contributed by atoms with E-state index in [0.29, 0.717) is 0 Å². The fourth-order valence-electron chi connectivity index (χ4n) is 1.29. The SMILES string of the molecule is COC(=O)C/C=C(/C=[NH+]c1ccccc1)C(=O)OC. The molecule has 1 N–H and O–H groups in total. The molecular weight excluding hydrogens is 246 g/mol. The number of benzene rings is 1. The molecule has 0 fully saturated rings. The molecule has 0 saturated heterocycles. The summed E-state index contributed by atoms with van der Waals surface area (Å²) < 4.78 is 9.14. The molecule has 5 heteroatoms. The lowest BCUT2D eigenvalue weighted by molar-refractivity contribution is -0.347. The van der Waals surface area contributed by atoms with Crippen LogP contribution in [0.15, 0.2) is 42.0 Å². The van der Waals surface area contributed by atoms with Crippen LogP contribution in [0.1, 0.15) is 6.42 Å². The van der Waals surface area contributed by atoms with Gasteiger partial charge in [0.05, 0.1) is 20.6 Å². The molecule has 5 nitrogen and oxygen atoms in total. The molecule has 0 radical (unpaired) electrons. The average Bonchev–Trinajstić information content (AvgIpc) is 2.47. The predicted octanol–water partition coefficient (Wildman–Crippen LogP) is 0.132. The fourth-order valence-corrected chi connectivity index (χ4v) is 1.29. The third-order valence-corrected chi connectivity index (χ3v) is 2.31. The molecule has 0 saturated carbocycles. The van der Waals surface area contributed by atoms with Crippen LogP contribution in [0.3, 0.4) is 0 Å². The minimum Gasteiger partial charge on any atom is -0.469 e. The summed E-state index contributed by atoms with van der Waals surface area (Å²) in [4.78, 5) is 25.5. The van der Waals surface area contributed by atoms with E-state index in [0.717, 1.165) is 5.69 Å². The fraction of sp³-hybridized carbons (Fsp3) is 0.214. The summed E-state index contributed by atoms with van der Waals surface area (Å²) >= 11 is 0. The zero-order chi connectivity index (χ0) is 14.1. The summed E-state index contributed by atoms with van der Waals surface area (Å²) in [6.07, 6.45) is 2.95. The van der Waals surface area contributed by atoms with E-state index in [1.54, 1.807) is 0 Å². The first-order chi connectivity index (χ1) is 9.17. The molecule has 1 rings (SSSR count). The van der Waals surface area contributed by atoms with Gasteiger partial charge in [-0.25, -0.2) is 9.79 Å². The Balaban J connectivity index is 2.83. The number of rotatable bonds is 5. The first-order valence-corrected chi connectivity index (χ1v) is 5.67. The van der Waals surface area contributed by atoms with E-state index in [-0.39, 0.29) is 12.0 Å². The van der Waals surface area contributed by atoms with Crippen molar-refractivity contribution in [1.82, 2.24) is 0 Å².